The van der Waals surface area contributed by atoms with Crippen LogP contribution in [0.4, 0.5) is 0 Å². The maximum absolute atomic E-state index is 6.13. The van der Waals surface area contributed by atoms with Gasteiger partial charge >= 0.3 is 0 Å². The van der Waals surface area contributed by atoms with E-state index in [9.17, 15) is 0 Å². The average molecular weight is 166 g/mol. The Hall–Kier alpha value is -0.0400. The predicted molar refractivity (Wildman–Crippen MR) is 48.0 cm³/mol. The van der Waals surface area contributed by atoms with E-state index in [0.29, 0.717) is 12.2 Å². The summed E-state index contributed by atoms with van der Waals surface area (Å²) < 4.78 is 6.13. The minimum Gasteiger partial charge on any atom is -0.374 e. The topological polar surface area (TPSA) is 9.23 Å². The second-order valence-corrected chi connectivity index (χ2v) is 4.83. The first-order valence-corrected chi connectivity index (χ1v) is 5.59. The van der Waals surface area contributed by atoms with Crippen LogP contribution in [0.25, 0.3) is 0 Å². The minimum atomic E-state index is 0.671. The van der Waals surface area contributed by atoms with Crippen LogP contribution in [0.2, 0.25) is 0 Å². The molecule has 1 saturated heterocycles. The highest BCUT2D eigenvalue weighted by atomic mass is 16.5. The highest BCUT2D eigenvalue weighted by Gasteiger charge is 2.41. The van der Waals surface area contributed by atoms with Gasteiger partial charge in [0.05, 0.1) is 12.2 Å². The van der Waals surface area contributed by atoms with Gasteiger partial charge in [0, 0.05) is 0 Å². The summed E-state index contributed by atoms with van der Waals surface area (Å²) in [6.07, 6.45) is 11.3. The van der Waals surface area contributed by atoms with Crippen molar-refractivity contribution in [2.75, 3.05) is 0 Å². The standard InChI is InChI=1S/C11H18O/c1-3-8-7-9-4-2-6-11(9)12-10(8)5-1/h8-11H,1-7H2. The Bertz CT molecular complexity index is 142. The highest BCUT2D eigenvalue weighted by molar-refractivity contribution is 4.91. The van der Waals surface area contributed by atoms with Crippen molar-refractivity contribution in [3.05, 3.63) is 0 Å². The zero-order valence-electron chi connectivity index (χ0n) is 7.67. The normalized spacial score (nSPS) is 52.0. The number of hydrogen-bond acceptors (Lipinski definition) is 1. The van der Waals surface area contributed by atoms with Crippen molar-refractivity contribution in [2.24, 2.45) is 11.8 Å². The summed E-state index contributed by atoms with van der Waals surface area (Å²) in [5, 5.41) is 0. The molecule has 68 valence electrons. The Morgan fingerprint density at radius 1 is 0.750 bits per heavy atom. The second kappa shape index (κ2) is 2.73. The van der Waals surface area contributed by atoms with Crippen LogP contribution in [0.5, 0.6) is 0 Å². The molecule has 3 aliphatic rings. The molecule has 0 amide bonds. The van der Waals surface area contributed by atoms with Gasteiger partial charge in [0.1, 0.15) is 0 Å². The molecule has 1 heteroatoms. The average Bonchev–Trinajstić information content (AvgIpc) is 2.64. The van der Waals surface area contributed by atoms with E-state index in [2.05, 4.69) is 0 Å². The van der Waals surface area contributed by atoms with Gasteiger partial charge < -0.3 is 4.74 Å². The molecule has 0 radical (unpaired) electrons. The van der Waals surface area contributed by atoms with Crippen LogP contribution in [0, 0.1) is 11.8 Å². The fourth-order valence-electron chi connectivity index (χ4n) is 3.52. The molecule has 0 spiro atoms. The molecule has 12 heavy (non-hydrogen) atoms. The molecular weight excluding hydrogens is 148 g/mol. The lowest BCUT2D eigenvalue weighted by molar-refractivity contribution is -0.0904. The predicted octanol–water partition coefficient (Wildman–Crippen LogP) is 2.74. The number of ether oxygens (including phenoxy) is 1. The van der Waals surface area contributed by atoms with Crippen molar-refractivity contribution in [1.29, 1.82) is 0 Å². The maximum Gasteiger partial charge on any atom is 0.0607 e. The maximum atomic E-state index is 6.13. The fourth-order valence-corrected chi connectivity index (χ4v) is 3.52. The molecule has 4 unspecified atom stereocenters. The molecule has 3 rings (SSSR count). The Kier molecular flexibility index (Phi) is 1.68. The minimum absolute atomic E-state index is 0.671. The Morgan fingerprint density at radius 3 is 1.92 bits per heavy atom. The summed E-state index contributed by atoms with van der Waals surface area (Å²) >= 11 is 0. The van der Waals surface area contributed by atoms with Gasteiger partial charge in [-0.05, 0) is 43.9 Å². The van der Waals surface area contributed by atoms with Crippen molar-refractivity contribution < 1.29 is 4.74 Å². The second-order valence-electron chi connectivity index (χ2n) is 4.83. The molecule has 2 aliphatic carbocycles. The fraction of sp³-hybridized carbons (Fsp3) is 1.00. The van der Waals surface area contributed by atoms with Crippen LogP contribution in [0.15, 0.2) is 0 Å². The summed E-state index contributed by atoms with van der Waals surface area (Å²) in [5.41, 5.74) is 0. The van der Waals surface area contributed by atoms with Gasteiger partial charge in [-0.25, -0.2) is 0 Å². The van der Waals surface area contributed by atoms with E-state index < -0.39 is 0 Å². The lowest BCUT2D eigenvalue weighted by Crippen LogP contribution is -2.35. The van der Waals surface area contributed by atoms with Crippen LogP contribution in [-0.2, 0) is 4.74 Å². The lowest BCUT2D eigenvalue weighted by Gasteiger charge is -2.35. The van der Waals surface area contributed by atoms with E-state index in [1.807, 2.05) is 0 Å². The monoisotopic (exact) mass is 166 g/mol. The first kappa shape index (κ1) is 7.37. The molecular formula is C11H18O. The highest BCUT2D eigenvalue weighted by Crippen LogP contribution is 2.45. The van der Waals surface area contributed by atoms with E-state index in [0.717, 1.165) is 11.8 Å². The van der Waals surface area contributed by atoms with Gasteiger partial charge in [-0.2, -0.15) is 0 Å². The van der Waals surface area contributed by atoms with Crippen molar-refractivity contribution in [1.82, 2.24) is 0 Å². The van der Waals surface area contributed by atoms with Crippen LogP contribution in [0.3, 0.4) is 0 Å². The Balaban J connectivity index is 1.75. The first-order chi connectivity index (χ1) is 5.93. The Morgan fingerprint density at radius 2 is 1.33 bits per heavy atom. The van der Waals surface area contributed by atoms with Crippen LogP contribution in [0.1, 0.15) is 44.9 Å². The first-order valence-electron chi connectivity index (χ1n) is 5.59. The van der Waals surface area contributed by atoms with Gasteiger partial charge in [-0.3, -0.25) is 0 Å². The summed E-state index contributed by atoms with van der Waals surface area (Å²) in [6.45, 7) is 0. The largest absolute Gasteiger partial charge is 0.374 e. The van der Waals surface area contributed by atoms with E-state index >= 15 is 0 Å². The quantitative estimate of drug-likeness (QED) is 0.537. The van der Waals surface area contributed by atoms with Crippen molar-refractivity contribution in [3.8, 4) is 0 Å². The molecule has 1 heterocycles. The Labute approximate surface area is 74.5 Å². The van der Waals surface area contributed by atoms with Gasteiger partial charge in [0.2, 0.25) is 0 Å². The third-order valence-electron chi connectivity index (χ3n) is 4.13. The molecule has 4 atom stereocenters. The van der Waals surface area contributed by atoms with E-state index in [1.165, 1.54) is 44.9 Å². The van der Waals surface area contributed by atoms with Crippen LogP contribution in [-0.4, -0.2) is 12.2 Å². The molecule has 0 aromatic carbocycles. The van der Waals surface area contributed by atoms with E-state index in [1.54, 1.807) is 0 Å². The lowest BCUT2D eigenvalue weighted by atomic mass is 9.86. The summed E-state index contributed by atoms with van der Waals surface area (Å²) in [5.74, 6) is 1.90. The van der Waals surface area contributed by atoms with Gasteiger partial charge in [0.25, 0.3) is 0 Å². The van der Waals surface area contributed by atoms with Crippen molar-refractivity contribution >= 4 is 0 Å². The molecule has 0 aromatic rings. The third-order valence-corrected chi connectivity index (χ3v) is 4.13. The van der Waals surface area contributed by atoms with Gasteiger partial charge in [-0.15, -0.1) is 0 Å². The smallest absolute Gasteiger partial charge is 0.0607 e. The van der Waals surface area contributed by atoms with Gasteiger partial charge in [-0.1, -0.05) is 12.8 Å². The molecule has 0 bridgehead atoms. The van der Waals surface area contributed by atoms with E-state index in [-0.39, 0.29) is 0 Å². The molecule has 2 saturated carbocycles. The summed E-state index contributed by atoms with van der Waals surface area (Å²) in [7, 11) is 0. The van der Waals surface area contributed by atoms with Gasteiger partial charge in [0.15, 0.2) is 0 Å². The molecule has 0 aromatic heterocycles. The summed E-state index contributed by atoms with van der Waals surface area (Å²) in [6, 6.07) is 0. The number of rotatable bonds is 0. The molecule has 1 aliphatic heterocycles. The third kappa shape index (κ3) is 1.02. The zero-order valence-corrected chi connectivity index (χ0v) is 7.67. The zero-order chi connectivity index (χ0) is 7.97. The SMILES string of the molecule is C1CC2CC3CCCC3OC2C1. The number of fused-ring (bicyclic) bond motifs is 2. The molecule has 1 nitrogen and oxygen atoms in total. The van der Waals surface area contributed by atoms with Crippen molar-refractivity contribution in [2.45, 2.75) is 57.2 Å². The van der Waals surface area contributed by atoms with Crippen LogP contribution >= 0.6 is 0 Å². The summed E-state index contributed by atoms with van der Waals surface area (Å²) in [4.78, 5) is 0. The van der Waals surface area contributed by atoms with Crippen molar-refractivity contribution in [3.63, 3.8) is 0 Å². The van der Waals surface area contributed by atoms with E-state index in [4.69, 9.17) is 4.74 Å². The molecule has 3 fully saturated rings. The number of hydrogen-bond donors (Lipinski definition) is 0. The molecule has 0 N–H and O–H groups in total. The van der Waals surface area contributed by atoms with Crippen LogP contribution < -0.4 is 0 Å².